The van der Waals surface area contributed by atoms with Crippen LogP contribution in [-0.4, -0.2) is 42.5 Å². The molecule has 0 aliphatic heterocycles. The summed E-state index contributed by atoms with van der Waals surface area (Å²) in [6.45, 7) is 4.55. The number of H-pyrrole nitrogens is 1. The lowest BCUT2D eigenvalue weighted by Gasteiger charge is -2.26. The molecule has 0 saturated carbocycles. The van der Waals surface area contributed by atoms with Crippen LogP contribution < -0.4 is 20.1 Å². The molecular formula is C27H28N4O4. The molecule has 0 aliphatic rings. The average molecular weight is 473 g/mol. The highest BCUT2D eigenvalue weighted by molar-refractivity contribution is 6.06. The number of methoxy groups -OCH3 is 2. The third kappa shape index (κ3) is 5.11. The van der Waals surface area contributed by atoms with Crippen molar-refractivity contribution < 1.29 is 19.1 Å². The predicted octanol–water partition coefficient (Wildman–Crippen LogP) is 4.54. The van der Waals surface area contributed by atoms with Gasteiger partial charge in [0.15, 0.2) is 11.5 Å². The van der Waals surface area contributed by atoms with Crippen molar-refractivity contribution in [3.8, 4) is 11.5 Å². The SMILES string of the molecule is COc1ccc(C(=O)Nc2ccc(C(C)(C)CNC(=O)c3c[nH]c4ccncc34)cc2)cc1OC. The molecule has 0 atom stereocenters. The van der Waals surface area contributed by atoms with Crippen LogP contribution in [0.1, 0.15) is 40.1 Å². The first-order chi connectivity index (χ1) is 16.8. The molecule has 2 aromatic carbocycles. The van der Waals surface area contributed by atoms with Gasteiger partial charge in [-0.2, -0.15) is 0 Å². The molecule has 3 N–H and O–H groups in total. The Hall–Kier alpha value is -4.33. The Bertz CT molecular complexity index is 1360. The number of amides is 2. The Kier molecular flexibility index (Phi) is 6.73. The van der Waals surface area contributed by atoms with E-state index < -0.39 is 0 Å². The van der Waals surface area contributed by atoms with Crippen LogP contribution in [0.15, 0.2) is 67.1 Å². The summed E-state index contributed by atoms with van der Waals surface area (Å²) in [6, 6.07) is 14.4. The van der Waals surface area contributed by atoms with Crippen LogP contribution in [0.2, 0.25) is 0 Å². The van der Waals surface area contributed by atoms with E-state index in [1.807, 2.05) is 30.3 Å². The van der Waals surface area contributed by atoms with Gasteiger partial charge in [-0.15, -0.1) is 0 Å². The van der Waals surface area contributed by atoms with Gasteiger partial charge in [-0.1, -0.05) is 26.0 Å². The number of hydrogen-bond acceptors (Lipinski definition) is 5. The van der Waals surface area contributed by atoms with E-state index >= 15 is 0 Å². The van der Waals surface area contributed by atoms with Gasteiger partial charge < -0.3 is 25.1 Å². The first-order valence-corrected chi connectivity index (χ1v) is 11.2. The van der Waals surface area contributed by atoms with E-state index in [0.717, 1.165) is 16.5 Å². The largest absolute Gasteiger partial charge is 0.493 e. The Balaban J connectivity index is 1.40. The number of nitrogens with zero attached hydrogens (tertiary/aromatic N) is 1. The molecule has 2 aromatic heterocycles. The van der Waals surface area contributed by atoms with E-state index in [2.05, 4.69) is 34.4 Å². The molecular weight excluding hydrogens is 444 g/mol. The summed E-state index contributed by atoms with van der Waals surface area (Å²) in [7, 11) is 3.08. The molecule has 35 heavy (non-hydrogen) atoms. The van der Waals surface area contributed by atoms with E-state index in [0.29, 0.717) is 34.9 Å². The van der Waals surface area contributed by atoms with Crippen molar-refractivity contribution in [1.82, 2.24) is 15.3 Å². The smallest absolute Gasteiger partial charge is 0.255 e. The van der Waals surface area contributed by atoms with Gasteiger partial charge in [0.25, 0.3) is 11.8 Å². The topological polar surface area (TPSA) is 105 Å². The molecule has 4 aromatic rings. The van der Waals surface area contributed by atoms with Crippen LogP contribution in [0.25, 0.3) is 10.9 Å². The molecule has 8 heteroatoms. The minimum Gasteiger partial charge on any atom is -0.493 e. The number of pyridine rings is 1. The lowest BCUT2D eigenvalue weighted by atomic mass is 9.84. The highest BCUT2D eigenvalue weighted by Crippen LogP contribution is 2.28. The molecule has 0 fully saturated rings. The predicted molar refractivity (Wildman–Crippen MR) is 135 cm³/mol. The fourth-order valence-corrected chi connectivity index (χ4v) is 3.83. The number of anilines is 1. The lowest BCUT2D eigenvalue weighted by molar-refractivity contribution is 0.0946. The van der Waals surface area contributed by atoms with Crippen LogP contribution >= 0.6 is 0 Å². The summed E-state index contributed by atoms with van der Waals surface area (Å²) >= 11 is 0. The van der Waals surface area contributed by atoms with E-state index in [1.54, 1.807) is 43.9 Å². The molecule has 180 valence electrons. The second-order valence-electron chi connectivity index (χ2n) is 8.79. The van der Waals surface area contributed by atoms with Crippen molar-refractivity contribution in [2.75, 3.05) is 26.1 Å². The number of aromatic amines is 1. The first-order valence-electron chi connectivity index (χ1n) is 11.2. The molecule has 0 spiro atoms. The number of rotatable bonds is 8. The fourth-order valence-electron chi connectivity index (χ4n) is 3.83. The molecule has 0 saturated heterocycles. The number of hydrogen-bond donors (Lipinski definition) is 3. The van der Waals surface area contributed by atoms with Crippen LogP contribution in [0.4, 0.5) is 5.69 Å². The maximum atomic E-state index is 12.8. The standard InChI is InChI=1S/C27H28N4O4/c1-27(2,16-30-26(33)21-15-29-22-11-12-28-14-20(21)22)18-6-8-19(9-7-18)31-25(32)17-5-10-23(34-3)24(13-17)35-4/h5-15,29H,16H2,1-4H3,(H,30,33)(H,31,32). The van der Waals surface area contributed by atoms with E-state index in [1.165, 1.54) is 7.11 Å². The van der Waals surface area contributed by atoms with Gasteiger partial charge in [-0.3, -0.25) is 14.6 Å². The van der Waals surface area contributed by atoms with Gasteiger partial charge in [0.1, 0.15) is 0 Å². The molecule has 8 nitrogen and oxygen atoms in total. The summed E-state index contributed by atoms with van der Waals surface area (Å²) in [4.78, 5) is 32.7. The zero-order valence-electron chi connectivity index (χ0n) is 20.1. The Labute approximate surface area is 203 Å². The summed E-state index contributed by atoms with van der Waals surface area (Å²) < 4.78 is 10.5. The molecule has 0 aliphatic carbocycles. The summed E-state index contributed by atoms with van der Waals surface area (Å²) in [5, 5.41) is 6.71. The second-order valence-corrected chi connectivity index (χ2v) is 8.79. The Morgan fingerprint density at radius 3 is 2.43 bits per heavy atom. The molecule has 2 amide bonds. The number of ether oxygens (including phenoxy) is 2. The highest BCUT2D eigenvalue weighted by atomic mass is 16.5. The van der Waals surface area contributed by atoms with Crippen molar-refractivity contribution in [2.45, 2.75) is 19.3 Å². The number of benzene rings is 2. The quantitative estimate of drug-likeness (QED) is 0.349. The van der Waals surface area contributed by atoms with Crippen molar-refractivity contribution in [1.29, 1.82) is 0 Å². The highest BCUT2D eigenvalue weighted by Gasteiger charge is 2.23. The van der Waals surface area contributed by atoms with E-state index in [9.17, 15) is 9.59 Å². The van der Waals surface area contributed by atoms with Crippen molar-refractivity contribution in [3.05, 3.63) is 83.8 Å². The minimum atomic E-state index is -0.327. The monoisotopic (exact) mass is 472 g/mol. The van der Waals surface area contributed by atoms with E-state index in [-0.39, 0.29) is 17.2 Å². The zero-order chi connectivity index (χ0) is 25.0. The summed E-state index contributed by atoms with van der Waals surface area (Å²) in [5.41, 5.74) is 3.27. The minimum absolute atomic E-state index is 0.156. The number of nitrogens with one attached hydrogen (secondary N) is 3. The van der Waals surface area contributed by atoms with Crippen LogP contribution in [0.5, 0.6) is 11.5 Å². The van der Waals surface area contributed by atoms with Gasteiger partial charge in [-0.25, -0.2) is 0 Å². The molecule has 2 heterocycles. The fraction of sp³-hybridized carbons (Fsp3) is 0.222. The van der Waals surface area contributed by atoms with Crippen LogP contribution in [-0.2, 0) is 5.41 Å². The first kappa shape index (κ1) is 23.8. The number of fused-ring (bicyclic) bond motifs is 1. The third-order valence-corrected chi connectivity index (χ3v) is 5.99. The molecule has 0 bridgehead atoms. The van der Waals surface area contributed by atoms with Gasteiger partial charge in [0.05, 0.1) is 19.8 Å². The lowest BCUT2D eigenvalue weighted by Crippen LogP contribution is -2.36. The third-order valence-electron chi connectivity index (χ3n) is 5.99. The summed E-state index contributed by atoms with van der Waals surface area (Å²) in [5.74, 6) is 0.641. The number of aromatic nitrogens is 2. The molecule has 4 rings (SSSR count). The molecule has 0 unspecified atom stereocenters. The van der Waals surface area contributed by atoms with Crippen molar-refractivity contribution in [2.24, 2.45) is 0 Å². The van der Waals surface area contributed by atoms with Crippen LogP contribution in [0, 0.1) is 0 Å². The molecule has 0 radical (unpaired) electrons. The zero-order valence-corrected chi connectivity index (χ0v) is 20.1. The van der Waals surface area contributed by atoms with Crippen LogP contribution in [0.3, 0.4) is 0 Å². The Morgan fingerprint density at radius 2 is 1.71 bits per heavy atom. The number of carbonyl (C=O) groups is 2. The van der Waals surface area contributed by atoms with Gasteiger partial charge in [0.2, 0.25) is 0 Å². The maximum absolute atomic E-state index is 12.8. The average Bonchev–Trinajstić information content (AvgIpc) is 3.31. The van der Waals surface area contributed by atoms with E-state index in [4.69, 9.17) is 9.47 Å². The van der Waals surface area contributed by atoms with Gasteiger partial charge in [0, 0.05) is 52.7 Å². The number of carbonyl (C=O) groups excluding carboxylic acids is 2. The summed E-state index contributed by atoms with van der Waals surface area (Å²) in [6.07, 6.45) is 5.06. The van der Waals surface area contributed by atoms with Gasteiger partial charge in [-0.05, 0) is 42.0 Å². The van der Waals surface area contributed by atoms with Crippen molar-refractivity contribution >= 4 is 28.4 Å². The maximum Gasteiger partial charge on any atom is 0.255 e. The Morgan fingerprint density at radius 1 is 0.971 bits per heavy atom. The van der Waals surface area contributed by atoms with Crippen molar-refractivity contribution in [3.63, 3.8) is 0 Å². The van der Waals surface area contributed by atoms with Gasteiger partial charge >= 0.3 is 0 Å². The normalized spacial score (nSPS) is 11.2. The second kappa shape index (κ2) is 9.89.